The van der Waals surface area contributed by atoms with E-state index in [1.165, 1.54) is 57.8 Å². The highest BCUT2D eigenvalue weighted by atomic mass is 16.5. The lowest BCUT2D eigenvalue weighted by Crippen LogP contribution is -2.52. The molecular weight excluding hydrogens is 262 g/mol. The second-order valence-corrected chi connectivity index (χ2v) is 7.42. The van der Waals surface area contributed by atoms with Crippen molar-refractivity contribution in [2.45, 2.75) is 82.5 Å². The average Bonchev–Trinajstić information content (AvgIpc) is 3.33. The molecule has 0 radical (unpaired) electrons. The first kappa shape index (κ1) is 15.8. The minimum absolute atomic E-state index is 0.205. The molecule has 122 valence electrons. The Morgan fingerprint density at radius 2 is 1.90 bits per heavy atom. The molecule has 1 N–H and O–H groups in total. The van der Waals surface area contributed by atoms with Crippen molar-refractivity contribution in [1.29, 1.82) is 0 Å². The van der Waals surface area contributed by atoms with Gasteiger partial charge in [0.2, 0.25) is 0 Å². The molecule has 3 heteroatoms. The van der Waals surface area contributed by atoms with Crippen molar-refractivity contribution in [1.82, 2.24) is 5.32 Å². The zero-order valence-corrected chi connectivity index (χ0v) is 13.9. The minimum Gasteiger partial charge on any atom is -0.377 e. The Hall–Kier alpha value is -0.120. The van der Waals surface area contributed by atoms with Gasteiger partial charge in [0.25, 0.3) is 0 Å². The molecule has 21 heavy (non-hydrogen) atoms. The Morgan fingerprint density at radius 3 is 2.52 bits per heavy atom. The van der Waals surface area contributed by atoms with Crippen LogP contribution in [0, 0.1) is 11.8 Å². The van der Waals surface area contributed by atoms with E-state index in [0.29, 0.717) is 12.1 Å². The maximum absolute atomic E-state index is 6.28. The van der Waals surface area contributed by atoms with E-state index in [2.05, 4.69) is 19.3 Å². The lowest BCUT2D eigenvalue weighted by Gasteiger charge is -2.46. The van der Waals surface area contributed by atoms with Gasteiger partial charge in [-0.25, -0.2) is 0 Å². The van der Waals surface area contributed by atoms with Gasteiger partial charge in [-0.3, -0.25) is 0 Å². The molecule has 0 bridgehead atoms. The highest BCUT2D eigenvalue weighted by Gasteiger charge is 2.45. The maximum atomic E-state index is 6.28. The minimum atomic E-state index is 0.205. The van der Waals surface area contributed by atoms with Crippen LogP contribution in [0.5, 0.6) is 0 Å². The lowest BCUT2D eigenvalue weighted by atomic mass is 9.73. The molecule has 0 amide bonds. The second-order valence-electron chi connectivity index (χ2n) is 7.42. The van der Waals surface area contributed by atoms with Crippen LogP contribution in [-0.2, 0) is 9.47 Å². The Labute approximate surface area is 130 Å². The van der Waals surface area contributed by atoms with E-state index < -0.39 is 0 Å². The first-order valence-corrected chi connectivity index (χ1v) is 9.21. The summed E-state index contributed by atoms with van der Waals surface area (Å²) >= 11 is 0. The molecule has 3 fully saturated rings. The summed E-state index contributed by atoms with van der Waals surface area (Å²) in [6.07, 6.45) is 12.2. The molecule has 3 atom stereocenters. The number of ether oxygens (including phenoxy) is 2. The van der Waals surface area contributed by atoms with Gasteiger partial charge in [-0.2, -0.15) is 0 Å². The third kappa shape index (κ3) is 3.62. The van der Waals surface area contributed by atoms with Crippen LogP contribution >= 0.6 is 0 Å². The summed E-state index contributed by atoms with van der Waals surface area (Å²) in [5.41, 5.74) is 0.205. The number of likely N-dealkylation sites (N-methyl/N-ethyl adjacent to an activating group) is 1. The molecule has 0 aromatic rings. The highest BCUT2D eigenvalue weighted by Crippen LogP contribution is 2.44. The van der Waals surface area contributed by atoms with Gasteiger partial charge >= 0.3 is 0 Å². The van der Waals surface area contributed by atoms with Crippen molar-refractivity contribution >= 4 is 0 Å². The smallest absolute Gasteiger partial charge is 0.0758 e. The predicted octanol–water partition coefficient (Wildman–Crippen LogP) is 3.52. The van der Waals surface area contributed by atoms with Crippen molar-refractivity contribution in [3.8, 4) is 0 Å². The Balaban J connectivity index is 1.67. The molecular formula is C18H33NO2. The normalized spacial score (nSPS) is 32.0. The molecule has 1 spiro atoms. The van der Waals surface area contributed by atoms with Crippen molar-refractivity contribution < 1.29 is 9.47 Å². The molecule has 3 unspecified atom stereocenters. The molecule has 0 aromatic heterocycles. The zero-order chi connectivity index (χ0) is 14.7. The zero-order valence-electron chi connectivity index (χ0n) is 13.9. The van der Waals surface area contributed by atoms with E-state index >= 15 is 0 Å². The van der Waals surface area contributed by atoms with Crippen LogP contribution in [0.3, 0.4) is 0 Å². The van der Waals surface area contributed by atoms with Gasteiger partial charge in [-0.05, 0) is 64.3 Å². The fraction of sp³-hybridized carbons (Fsp3) is 1.00. The van der Waals surface area contributed by atoms with Crippen LogP contribution in [-0.4, -0.2) is 38.0 Å². The summed E-state index contributed by atoms with van der Waals surface area (Å²) in [6.45, 7) is 3.93. The first-order chi connectivity index (χ1) is 10.3. The van der Waals surface area contributed by atoms with E-state index in [9.17, 15) is 0 Å². The summed E-state index contributed by atoms with van der Waals surface area (Å²) in [7, 11) is 2.13. The van der Waals surface area contributed by atoms with Gasteiger partial charge in [0.1, 0.15) is 0 Å². The van der Waals surface area contributed by atoms with Crippen LogP contribution in [0.2, 0.25) is 0 Å². The molecule has 2 saturated carbocycles. The van der Waals surface area contributed by atoms with Crippen molar-refractivity contribution in [3.05, 3.63) is 0 Å². The van der Waals surface area contributed by atoms with Crippen molar-refractivity contribution in [3.63, 3.8) is 0 Å². The van der Waals surface area contributed by atoms with Gasteiger partial charge < -0.3 is 14.8 Å². The number of nitrogens with one attached hydrogen (secondary N) is 1. The van der Waals surface area contributed by atoms with E-state index in [-0.39, 0.29) is 5.60 Å². The van der Waals surface area contributed by atoms with Gasteiger partial charge in [-0.1, -0.05) is 19.3 Å². The standard InChI is InChI=1S/C18H33NO2/c1-3-20-17(14-7-8-14)16(19-2)15-9-12-21-18(13-15)10-5-4-6-11-18/h14-17,19H,3-13H2,1-2H3. The van der Waals surface area contributed by atoms with Crippen LogP contribution in [0.15, 0.2) is 0 Å². The first-order valence-electron chi connectivity index (χ1n) is 9.21. The van der Waals surface area contributed by atoms with Gasteiger partial charge in [0, 0.05) is 19.3 Å². The van der Waals surface area contributed by atoms with Crippen LogP contribution in [0.25, 0.3) is 0 Å². The van der Waals surface area contributed by atoms with E-state index in [1.807, 2.05) is 0 Å². The highest BCUT2D eigenvalue weighted by molar-refractivity contribution is 4.98. The van der Waals surface area contributed by atoms with Crippen molar-refractivity contribution in [2.75, 3.05) is 20.3 Å². The topological polar surface area (TPSA) is 30.5 Å². The molecule has 3 nitrogen and oxygen atoms in total. The fourth-order valence-electron chi connectivity index (χ4n) is 4.74. The SMILES string of the molecule is CCOC(C1CC1)C(NC)C1CCOC2(CCCCC2)C1. The van der Waals surface area contributed by atoms with Gasteiger partial charge in [-0.15, -0.1) is 0 Å². The quantitative estimate of drug-likeness (QED) is 0.813. The molecule has 3 aliphatic rings. The third-order valence-corrected chi connectivity index (χ3v) is 5.94. The molecule has 3 rings (SSSR count). The van der Waals surface area contributed by atoms with Crippen LogP contribution < -0.4 is 5.32 Å². The van der Waals surface area contributed by atoms with Crippen LogP contribution in [0.4, 0.5) is 0 Å². The van der Waals surface area contributed by atoms with E-state index in [1.54, 1.807) is 0 Å². The summed E-state index contributed by atoms with van der Waals surface area (Å²) in [4.78, 5) is 0. The Kier molecular flexibility index (Phi) is 5.23. The summed E-state index contributed by atoms with van der Waals surface area (Å²) < 4.78 is 12.4. The molecule has 0 aromatic carbocycles. The number of hydrogen-bond acceptors (Lipinski definition) is 3. The molecule has 1 heterocycles. The third-order valence-electron chi connectivity index (χ3n) is 5.94. The number of hydrogen-bond donors (Lipinski definition) is 1. The van der Waals surface area contributed by atoms with E-state index in [4.69, 9.17) is 9.47 Å². The summed E-state index contributed by atoms with van der Waals surface area (Å²) in [6, 6.07) is 0.514. The van der Waals surface area contributed by atoms with Crippen LogP contribution in [0.1, 0.15) is 64.7 Å². The molecule has 1 aliphatic heterocycles. The van der Waals surface area contributed by atoms with Gasteiger partial charge in [0.15, 0.2) is 0 Å². The van der Waals surface area contributed by atoms with Gasteiger partial charge in [0.05, 0.1) is 11.7 Å². The van der Waals surface area contributed by atoms with Crippen molar-refractivity contribution in [2.24, 2.45) is 11.8 Å². The molecule has 2 aliphatic carbocycles. The number of rotatable bonds is 6. The largest absolute Gasteiger partial charge is 0.377 e. The fourth-order valence-corrected chi connectivity index (χ4v) is 4.74. The predicted molar refractivity (Wildman–Crippen MR) is 85.5 cm³/mol. The second kappa shape index (κ2) is 6.97. The lowest BCUT2D eigenvalue weighted by molar-refractivity contribution is -0.130. The average molecular weight is 295 g/mol. The Morgan fingerprint density at radius 1 is 1.14 bits per heavy atom. The molecule has 1 saturated heterocycles. The maximum Gasteiger partial charge on any atom is 0.0758 e. The Bertz CT molecular complexity index is 318. The summed E-state index contributed by atoms with van der Waals surface area (Å²) in [5.74, 6) is 1.52. The summed E-state index contributed by atoms with van der Waals surface area (Å²) in [5, 5.41) is 3.62. The monoisotopic (exact) mass is 295 g/mol. The van der Waals surface area contributed by atoms with E-state index in [0.717, 1.165) is 25.0 Å².